The SMILES string of the molecule is CCCCN(C)S(=O)(=O)c1c(C)cc(NN)cc1C. The number of benzene rings is 1. The first-order valence-corrected chi connectivity index (χ1v) is 7.82. The summed E-state index contributed by atoms with van der Waals surface area (Å²) in [6.45, 7) is 6.15. The van der Waals surface area contributed by atoms with Crippen LogP contribution in [0.4, 0.5) is 5.69 Å². The highest BCUT2D eigenvalue weighted by Crippen LogP contribution is 2.26. The van der Waals surface area contributed by atoms with E-state index in [9.17, 15) is 8.42 Å². The molecule has 0 saturated heterocycles. The molecule has 0 heterocycles. The molecule has 6 heteroatoms. The van der Waals surface area contributed by atoms with Crippen LogP contribution in [0.2, 0.25) is 0 Å². The van der Waals surface area contributed by atoms with Crippen molar-refractivity contribution in [1.82, 2.24) is 4.31 Å². The van der Waals surface area contributed by atoms with E-state index in [0.717, 1.165) is 12.8 Å². The van der Waals surface area contributed by atoms with Gasteiger partial charge in [0.25, 0.3) is 0 Å². The van der Waals surface area contributed by atoms with E-state index in [1.807, 2.05) is 6.92 Å². The minimum absolute atomic E-state index is 0.380. The second-order valence-corrected chi connectivity index (χ2v) is 6.75. The minimum atomic E-state index is -3.43. The Hall–Kier alpha value is -1.11. The molecule has 3 N–H and O–H groups in total. The molecule has 0 aromatic heterocycles. The summed E-state index contributed by atoms with van der Waals surface area (Å²) in [4.78, 5) is 0.380. The van der Waals surface area contributed by atoms with E-state index in [1.165, 1.54) is 4.31 Å². The summed E-state index contributed by atoms with van der Waals surface area (Å²) in [7, 11) is -1.81. The van der Waals surface area contributed by atoms with Gasteiger partial charge in [-0.05, 0) is 43.5 Å². The molecule has 108 valence electrons. The van der Waals surface area contributed by atoms with Crippen LogP contribution in [-0.4, -0.2) is 26.3 Å². The Morgan fingerprint density at radius 3 is 2.21 bits per heavy atom. The first-order chi connectivity index (χ1) is 8.84. The molecule has 0 spiro atoms. The predicted molar refractivity (Wildman–Crippen MR) is 78.4 cm³/mol. The van der Waals surface area contributed by atoms with Crippen molar-refractivity contribution in [2.75, 3.05) is 19.0 Å². The van der Waals surface area contributed by atoms with Gasteiger partial charge in [0.1, 0.15) is 0 Å². The zero-order chi connectivity index (χ0) is 14.6. The average molecular weight is 285 g/mol. The van der Waals surface area contributed by atoms with Gasteiger partial charge in [0, 0.05) is 19.3 Å². The van der Waals surface area contributed by atoms with Crippen LogP contribution in [0.1, 0.15) is 30.9 Å². The monoisotopic (exact) mass is 285 g/mol. The predicted octanol–water partition coefficient (Wildman–Crippen LogP) is 2.01. The molecule has 0 unspecified atom stereocenters. The topological polar surface area (TPSA) is 75.4 Å². The summed E-state index contributed by atoms with van der Waals surface area (Å²) >= 11 is 0. The highest BCUT2D eigenvalue weighted by molar-refractivity contribution is 7.89. The maximum atomic E-state index is 12.6. The van der Waals surface area contributed by atoms with E-state index in [-0.39, 0.29) is 0 Å². The number of aryl methyl sites for hydroxylation is 2. The van der Waals surface area contributed by atoms with Gasteiger partial charge in [-0.2, -0.15) is 0 Å². The molecule has 0 radical (unpaired) electrons. The summed E-state index contributed by atoms with van der Waals surface area (Å²) in [5.41, 5.74) is 4.67. The number of unbranched alkanes of at least 4 members (excludes halogenated alkanes) is 1. The van der Waals surface area contributed by atoms with E-state index >= 15 is 0 Å². The Kier molecular flexibility index (Phi) is 5.34. The van der Waals surface area contributed by atoms with E-state index in [2.05, 4.69) is 5.43 Å². The third-order valence-electron chi connectivity index (χ3n) is 3.12. The molecule has 0 bridgehead atoms. The van der Waals surface area contributed by atoms with Crippen molar-refractivity contribution in [3.8, 4) is 0 Å². The second-order valence-electron chi connectivity index (χ2n) is 4.76. The summed E-state index contributed by atoms with van der Waals surface area (Å²) in [5, 5.41) is 0. The van der Waals surface area contributed by atoms with Crippen molar-refractivity contribution in [2.24, 2.45) is 5.84 Å². The van der Waals surface area contributed by atoms with Crippen LogP contribution in [0, 0.1) is 13.8 Å². The van der Waals surface area contributed by atoms with Crippen molar-refractivity contribution >= 4 is 15.7 Å². The molecule has 0 aliphatic carbocycles. The second kappa shape index (κ2) is 6.36. The van der Waals surface area contributed by atoms with E-state index in [4.69, 9.17) is 5.84 Å². The van der Waals surface area contributed by atoms with Crippen molar-refractivity contribution in [3.05, 3.63) is 23.3 Å². The fourth-order valence-corrected chi connectivity index (χ4v) is 3.71. The Bertz CT molecular complexity index is 518. The number of nitrogens with zero attached hydrogens (tertiary/aromatic N) is 1. The van der Waals surface area contributed by atoms with Crippen LogP contribution in [0.25, 0.3) is 0 Å². The lowest BCUT2D eigenvalue weighted by Gasteiger charge is -2.20. The van der Waals surface area contributed by atoms with Gasteiger partial charge in [-0.1, -0.05) is 13.3 Å². The molecular formula is C13H23N3O2S. The van der Waals surface area contributed by atoms with Gasteiger partial charge >= 0.3 is 0 Å². The molecule has 0 aliphatic heterocycles. The lowest BCUT2D eigenvalue weighted by Crippen LogP contribution is -2.29. The normalized spacial score (nSPS) is 11.9. The first-order valence-electron chi connectivity index (χ1n) is 6.38. The molecule has 1 aromatic rings. The Morgan fingerprint density at radius 1 is 1.26 bits per heavy atom. The van der Waals surface area contributed by atoms with E-state index in [0.29, 0.717) is 28.3 Å². The summed E-state index contributed by atoms with van der Waals surface area (Å²) in [5.74, 6) is 5.36. The fraction of sp³-hybridized carbons (Fsp3) is 0.538. The number of nitrogen functional groups attached to an aromatic ring is 1. The van der Waals surface area contributed by atoms with Crippen molar-refractivity contribution < 1.29 is 8.42 Å². The van der Waals surface area contributed by atoms with Crippen LogP contribution >= 0.6 is 0 Å². The maximum absolute atomic E-state index is 12.6. The van der Waals surface area contributed by atoms with E-state index in [1.54, 1.807) is 33.0 Å². The van der Waals surface area contributed by atoms with Crippen LogP contribution in [-0.2, 0) is 10.0 Å². The zero-order valence-corrected chi connectivity index (χ0v) is 12.8. The number of hydrogen-bond donors (Lipinski definition) is 2. The number of anilines is 1. The van der Waals surface area contributed by atoms with E-state index < -0.39 is 10.0 Å². The fourth-order valence-electron chi connectivity index (χ4n) is 2.10. The molecule has 1 rings (SSSR count). The minimum Gasteiger partial charge on any atom is -0.324 e. The third-order valence-corrected chi connectivity index (χ3v) is 5.28. The molecule has 0 amide bonds. The van der Waals surface area contributed by atoms with Crippen molar-refractivity contribution in [2.45, 2.75) is 38.5 Å². The number of hydrogen-bond acceptors (Lipinski definition) is 4. The van der Waals surface area contributed by atoms with Gasteiger partial charge in [0.05, 0.1) is 4.90 Å². The Labute approximate surface area is 115 Å². The van der Waals surface area contributed by atoms with Crippen LogP contribution < -0.4 is 11.3 Å². The molecule has 0 atom stereocenters. The lowest BCUT2D eigenvalue weighted by atomic mass is 10.1. The standard InChI is InChI=1S/C13H23N3O2S/c1-5-6-7-16(4)19(17,18)13-10(2)8-12(15-14)9-11(13)3/h8-9,15H,5-7,14H2,1-4H3. The Morgan fingerprint density at radius 2 is 1.79 bits per heavy atom. The number of hydrazine groups is 1. The van der Waals surface area contributed by atoms with Crippen molar-refractivity contribution in [3.63, 3.8) is 0 Å². The molecule has 0 fully saturated rings. The molecule has 0 aliphatic rings. The molecule has 0 saturated carbocycles. The summed E-state index contributed by atoms with van der Waals surface area (Å²) in [6.07, 6.45) is 1.82. The Balaban J connectivity index is 3.22. The molecule has 19 heavy (non-hydrogen) atoms. The molecular weight excluding hydrogens is 262 g/mol. The van der Waals surface area contributed by atoms with Gasteiger partial charge < -0.3 is 5.43 Å². The smallest absolute Gasteiger partial charge is 0.243 e. The number of nitrogens with one attached hydrogen (secondary N) is 1. The van der Waals surface area contributed by atoms with Crippen LogP contribution in [0.5, 0.6) is 0 Å². The van der Waals surface area contributed by atoms with Gasteiger partial charge in [-0.15, -0.1) is 0 Å². The number of rotatable bonds is 6. The lowest BCUT2D eigenvalue weighted by molar-refractivity contribution is 0.458. The summed E-state index contributed by atoms with van der Waals surface area (Å²) in [6, 6.07) is 3.49. The van der Waals surface area contributed by atoms with Crippen molar-refractivity contribution in [1.29, 1.82) is 0 Å². The quantitative estimate of drug-likeness (QED) is 0.619. The summed E-state index contributed by atoms with van der Waals surface area (Å²) < 4.78 is 26.5. The number of nitrogens with two attached hydrogens (primary N) is 1. The molecule has 1 aromatic carbocycles. The average Bonchev–Trinajstić information content (AvgIpc) is 2.34. The number of sulfonamides is 1. The maximum Gasteiger partial charge on any atom is 0.243 e. The van der Waals surface area contributed by atoms with Gasteiger partial charge in [-0.3, -0.25) is 5.84 Å². The largest absolute Gasteiger partial charge is 0.324 e. The van der Waals surface area contributed by atoms with Gasteiger partial charge in [0.15, 0.2) is 0 Å². The van der Waals surface area contributed by atoms with Gasteiger partial charge in [0.2, 0.25) is 10.0 Å². The highest BCUT2D eigenvalue weighted by Gasteiger charge is 2.24. The highest BCUT2D eigenvalue weighted by atomic mass is 32.2. The molecule has 5 nitrogen and oxygen atoms in total. The van der Waals surface area contributed by atoms with Gasteiger partial charge in [-0.25, -0.2) is 12.7 Å². The first kappa shape index (κ1) is 15.9. The van der Waals surface area contributed by atoms with Crippen LogP contribution in [0.15, 0.2) is 17.0 Å². The zero-order valence-electron chi connectivity index (χ0n) is 12.0. The third kappa shape index (κ3) is 3.46. The van der Waals surface area contributed by atoms with Crippen LogP contribution in [0.3, 0.4) is 0 Å².